The van der Waals surface area contributed by atoms with Crippen LogP contribution in [0.15, 0.2) is 0 Å². The van der Waals surface area contributed by atoms with E-state index >= 15 is 0 Å². The fraction of sp³-hybridized carbons (Fsp3) is 1.00. The number of ether oxygens (including phenoxy) is 1. The van der Waals surface area contributed by atoms with Gasteiger partial charge in [-0.1, -0.05) is 0 Å². The monoisotopic (exact) mass is 147 g/mol. The molecule has 10 heavy (non-hydrogen) atoms. The van der Waals surface area contributed by atoms with Crippen LogP contribution in [0.3, 0.4) is 0 Å². The Morgan fingerprint density at radius 1 is 1.60 bits per heavy atom. The van der Waals surface area contributed by atoms with Gasteiger partial charge in [-0.2, -0.15) is 0 Å². The number of hydrogen-bond acceptors (Lipinski definition) is 3. The van der Waals surface area contributed by atoms with Gasteiger partial charge in [0.05, 0.1) is 12.2 Å². The van der Waals surface area contributed by atoms with Crippen LogP contribution >= 0.6 is 0 Å². The zero-order chi connectivity index (χ0) is 8.04. The molecule has 1 unspecified atom stereocenters. The summed E-state index contributed by atoms with van der Waals surface area (Å²) in [4.78, 5) is 0. The normalized spacial score (nSPS) is 16.8. The molecular formula is C7H17NO2. The summed E-state index contributed by atoms with van der Waals surface area (Å²) < 4.78 is 5.05. The molecule has 3 N–H and O–H groups in total. The number of nitrogens with two attached hydrogens (primary N) is 1. The summed E-state index contributed by atoms with van der Waals surface area (Å²) in [6.45, 7) is 5.15. The van der Waals surface area contributed by atoms with Gasteiger partial charge in [-0.25, -0.2) is 0 Å². The maximum absolute atomic E-state index is 9.44. The number of rotatable bonds is 5. The molecule has 0 radical (unpaired) electrons. The Hall–Kier alpha value is -0.120. The highest BCUT2D eigenvalue weighted by atomic mass is 16.5. The van der Waals surface area contributed by atoms with Gasteiger partial charge in [0.1, 0.15) is 0 Å². The van der Waals surface area contributed by atoms with E-state index in [2.05, 4.69) is 0 Å². The maximum Gasteiger partial charge on any atom is 0.0864 e. The van der Waals surface area contributed by atoms with Gasteiger partial charge in [-0.15, -0.1) is 0 Å². The third-order valence-electron chi connectivity index (χ3n) is 1.30. The Labute approximate surface area is 62.2 Å². The number of aliphatic hydroxyl groups is 1. The van der Waals surface area contributed by atoms with Crippen LogP contribution in [0.4, 0.5) is 0 Å². The zero-order valence-corrected chi connectivity index (χ0v) is 6.76. The summed E-state index contributed by atoms with van der Waals surface area (Å²) in [6.07, 6.45) is 0.590. The van der Waals surface area contributed by atoms with E-state index in [1.165, 1.54) is 0 Å². The first kappa shape index (κ1) is 9.88. The molecule has 0 saturated heterocycles. The van der Waals surface area contributed by atoms with Gasteiger partial charge in [0.15, 0.2) is 0 Å². The van der Waals surface area contributed by atoms with E-state index in [-0.39, 0.29) is 0 Å². The predicted molar refractivity (Wildman–Crippen MR) is 40.8 cm³/mol. The largest absolute Gasteiger partial charge is 0.388 e. The Morgan fingerprint density at radius 2 is 2.20 bits per heavy atom. The van der Waals surface area contributed by atoms with Gasteiger partial charge >= 0.3 is 0 Å². The van der Waals surface area contributed by atoms with Crippen LogP contribution in [0.25, 0.3) is 0 Å². The number of hydrogen-bond donors (Lipinski definition) is 2. The summed E-state index contributed by atoms with van der Waals surface area (Å²) in [5.74, 6) is 0. The quantitative estimate of drug-likeness (QED) is 0.581. The lowest BCUT2D eigenvalue weighted by Gasteiger charge is -2.21. The lowest BCUT2D eigenvalue weighted by molar-refractivity contribution is -0.0338. The maximum atomic E-state index is 9.44. The van der Waals surface area contributed by atoms with E-state index in [0.29, 0.717) is 26.2 Å². The minimum atomic E-state index is -0.745. The van der Waals surface area contributed by atoms with Crippen molar-refractivity contribution in [2.75, 3.05) is 19.8 Å². The van der Waals surface area contributed by atoms with Crippen molar-refractivity contribution in [3.63, 3.8) is 0 Å². The van der Waals surface area contributed by atoms with Gasteiger partial charge in [-0.3, -0.25) is 0 Å². The summed E-state index contributed by atoms with van der Waals surface area (Å²) >= 11 is 0. The Morgan fingerprint density at radius 3 is 2.60 bits per heavy atom. The molecule has 0 aromatic heterocycles. The van der Waals surface area contributed by atoms with E-state index < -0.39 is 5.60 Å². The molecule has 0 saturated carbocycles. The summed E-state index contributed by atoms with van der Waals surface area (Å²) in [5, 5.41) is 9.44. The Bertz CT molecular complexity index is 83.7. The van der Waals surface area contributed by atoms with Crippen molar-refractivity contribution < 1.29 is 9.84 Å². The summed E-state index contributed by atoms with van der Waals surface area (Å²) in [6, 6.07) is 0. The second-order valence-corrected chi connectivity index (χ2v) is 2.67. The highest BCUT2D eigenvalue weighted by Gasteiger charge is 2.18. The van der Waals surface area contributed by atoms with Crippen molar-refractivity contribution in [2.45, 2.75) is 25.9 Å². The summed E-state index contributed by atoms with van der Waals surface area (Å²) in [5.41, 5.74) is 4.53. The SMILES string of the molecule is CCOCC(C)(O)CCN. The molecule has 0 aliphatic rings. The lowest BCUT2D eigenvalue weighted by atomic mass is 10.0. The standard InChI is InChI=1S/C7H17NO2/c1-3-10-6-7(2,9)4-5-8/h9H,3-6,8H2,1-2H3. The Kier molecular flexibility index (Phi) is 4.60. The first-order chi connectivity index (χ1) is 4.62. The van der Waals surface area contributed by atoms with Gasteiger partial charge in [-0.05, 0) is 26.8 Å². The van der Waals surface area contributed by atoms with E-state index in [4.69, 9.17) is 10.5 Å². The van der Waals surface area contributed by atoms with Crippen LogP contribution in [-0.4, -0.2) is 30.5 Å². The highest BCUT2D eigenvalue weighted by molar-refractivity contribution is 4.71. The van der Waals surface area contributed by atoms with Crippen LogP contribution in [0, 0.1) is 0 Å². The van der Waals surface area contributed by atoms with E-state index in [9.17, 15) is 5.11 Å². The van der Waals surface area contributed by atoms with Crippen LogP contribution in [0.5, 0.6) is 0 Å². The van der Waals surface area contributed by atoms with Gasteiger partial charge in [0.2, 0.25) is 0 Å². The minimum Gasteiger partial charge on any atom is -0.388 e. The fourth-order valence-corrected chi connectivity index (χ4v) is 0.705. The zero-order valence-electron chi connectivity index (χ0n) is 6.76. The molecule has 0 heterocycles. The van der Waals surface area contributed by atoms with E-state index in [0.717, 1.165) is 0 Å². The molecule has 0 aliphatic carbocycles. The van der Waals surface area contributed by atoms with Crippen molar-refractivity contribution in [2.24, 2.45) is 5.73 Å². The van der Waals surface area contributed by atoms with Crippen LogP contribution in [0.2, 0.25) is 0 Å². The third-order valence-corrected chi connectivity index (χ3v) is 1.30. The molecular weight excluding hydrogens is 130 g/mol. The fourth-order valence-electron chi connectivity index (χ4n) is 0.705. The van der Waals surface area contributed by atoms with Gasteiger partial charge < -0.3 is 15.6 Å². The molecule has 0 amide bonds. The average molecular weight is 147 g/mol. The van der Waals surface area contributed by atoms with Crippen molar-refractivity contribution in [3.8, 4) is 0 Å². The molecule has 3 nitrogen and oxygen atoms in total. The topological polar surface area (TPSA) is 55.5 Å². The third kappa shape index (κ3) is 4.73. The molecule has 1 atom stereocenters. The molecule has 0 rings (SSSR count). The van der Waals surface area contributed by atoms with Crippen LogP contribution in [0.1, 0.15) is 20.3 Å². The molecule has 0 bridgehead atoms. The second-order valence-electron chi connectivity index (χ2n) is 2.67. The molecule has 0 aliphatic heterocycles. The van der Waals surface area contributed by atoms with Crippen molar-refractivity contribution in [1.82, 2.24) is 0 Å². The first-order valence-electron chi connectivity index (χ1n) is 3.62. The smallest absolute Gasteiger partial charge is 0.0864 e. The van der Waals surface area contributed by atoms with Gasteiger partial charge in [0.25, 0.3) is 0 Å². The van der Waals surface area contributed by atoms with E-state index in [1.807, 2.05) is 6.92 Å². The first-order valence-corrected chi connectivity index (χ1v) is 3.62. The van der Waals surface area contributed by atoms with Crippen molar-refractivity contribution in [1.29, 1.82) is 0 Å². The molecule has 0 aromatic carbocycles. The lowest BCUT2D eigenvalue weighted by Crippen LogP contribution is -2.33. The molecule has 3 heteroatoms. The Balaban J connectivity index is 3.42. The molecule has 62 valence electrons. The van der Waals surface area contributed by atoms with Crippen LogP contribution in [-0.2, 0) is 4.74 Å². The van der Waals surface area contributed by atoms with Crippen molar-refractivity contribution >= 4 is 0 Å². The summed E-state index contributed by atoms with van der Waals surface area (Å²) in [7, 11) is 0. The van der Waals surface area contributed by atoms with Crippen molar-refractivity contribution in [3.05, 3.63) is 0 Å². The minimum absolute atomic E-state index is 0.376. The average Bonchev–Trinajstić information content (AvgIpc) is 1.84. The molecule has 0 aromatic rings. The van der Waals surface area contributed by atoms with Crippen LogP contribution < -0.4 is 5.73 Å². The second kappa shape index (κ2) is 4.66. The van der Waals surface area contributed by atoms with E-state index in [1.54, 1.807) is 6.92 Å². The molecule has 0 spiro atoms. The van der Waals surface area contributed by atoms with Gasteiger partial charge in [0, 0.05) is 6.61 Å². The highest BCUT2D eigenvalue weighted by Crippen LogP contribution is 2.07. The molecule has 0 fully saturated rings. The predicted octanol–water partition coefficient (Wildman–Crippen LogP) is 0.123.